The molecule has 106 valence electrons. The minimum atomic E-state index is -0.833. The largest absolute Gasteiger partial charge is 0.481 e. The van der Waals surface area contributed by atoms with Gasteiger partial charge in [-0.1, -0.05) is 13.2 Å². The number of carboxylic acid groups (broad SMARTS) is 1. The van der Waals surface area contributed by atoms with Crippen LogP contribution in [0.1, 0.15) is 27.6 Å². The fourth-order valence-corrected chi connectivity index (χ4v) is 1.03. The predicted molar refractivity (Wildman–Crippen MR) is 71.0 cm³/mol. The van der Waals surface area contributed by atoms with Crippen LogP contribution in [0.5, 0.6) is 0 Å². The second-order valence-electron chi connectivity index (χ2n) is 3.24. The lowest BCUT2D eigenvalue weighted by Gasteiger charge is -2.01. The highest BCUT2D eigenvalue weighted by atomic mass is 16.5. The Kier molecular flexibility index (Phi) is 7.78. The van der Waals surface area contributed by atoms with Gasteiger partial charge in [0.2, 0.25) is 0 Å². The average Bonchev–Trinajstić information content (AvgIpc) is 2.39. The number of ether oxygens (including phenoxy) is 2. The van der Waals surface area contributed by atoms with Crippen LogP contribution in [0.4, 0.5) is 0 Å². The van der Waals surface area contributed by atoms with E-state index < -0.39 is 17.9 Å². The van der Waals surface area contributed by atoms with Gasteiger partial charge in [0.05, 0.1) is 23.7 Å². The van der Waals surface area contributed by atoms with Gasteiger partial charge in [-0.3, -0.25) is 4.79 Å². The lowest BCUT2D eigenvalue weighted by Crippen LogP contribution is -2.03. The maximum absolute atomic E-state index is 11.2. The van der Waals surface area contributed by atoms with E-state index in [0.29, 0.717) is 11.1 Å². The second-order valence-corrected chi connectivity index (χ2v) is 3.24. The van der Waals surface area contributed by atoms with Crippen LogP contribution in [0.2, 0.25) is 0 Å². The summed E-state index contributed by atoms with van der Waals surface area (Å²) in [5, 5.41) is 7.42. The molecule has 0 fully saturated rings. The van der Waals surface area contributed by atoms with E-state index in [2.05, 4.69) is 22.6 Å². The molecule has 0 atom stereocenters. The number of aliphatic carboxylic acids is 1. The third-order valence-corrected chi connectivity index (χ3v) is 1.74. The minimum absolute atomic E-state index is 0.329. The average molecular weight is 278 g/mol. The van der Waals surface area contributed by atoms with Gasteiger partial charge in [0, 0.05) is 6.92 Å². The van der Waals surface area contributed by atoms with Crippen LogP contribution in [0, 0.1) is 0 Å². The third-order valence-electron chi connectivity index (χ3n) is 1.74. The van der Waals surface area contributed by atoms with Gasteiger partial charge in [-0.05, 0) is 24.3 Å². The zero-order valence-electron chi connectivity index (χ0n) is 10.9. The standard InChI is InChI=1S/C12H10O4.C2H4O2/c1-3-15-11(13)9-5-7-10(8-6-9)12(14)16-4-2;1-2(3)4/h3-8H,1-2H2;1H3,(H,3,4). The fraction of sp³-hybridized carbons (Fsp3) is 0.0714. The molecule has 0 bridgehead atoms. The van der Waals surface area contributed by atoms with Crippen LogP contribution in [0.3, 0.4) is 0 Å². The van der Waals surface area contributed by atoms with Crippen LogP contribution in [-0.2, 0) is 14.3 Å². The molecule has 0 aromatic heterocycles. The first kappa shape index (κ1) is 17.1. The first-order valence-corrected chi connectivity index (χ1v) is 5.35. The van der Waals surface area contributed by atoms with E-state index in [1.54, 1.807) is 0 Å². The predicted octanol–water partition coefficient (Wildman–Crippen LogP) is 2.38. The van der Waals surface area contributed by atoms with E-state index >= 15 is 0 Å². The van der Waals surface area contributed by atoms with Crippen molar-refractivity contribution >= 4 is 17.9 Å². The number of hydrogen-bond acceptors (Lipinski definition) is 5. The van der Waals surface area contributed by atoms with Gasteiger partial charge in [0.1, 0.15) is 0 Å². The van der Waals surface area contributed by atoms with Crippen molar-refractivity contribution in [2.45, 2.75) is 6.92 Å². The lowest BCUT2D eigenvalue weighted by molar-refractivity contribution is -0.134. The van der Waals surface area contributed by atoms with Crippen molar-refractivity contribution in [3.8, 4) is 0 Å². The van der Waals surface area contributed by atoms with Gasteiger partial charge in [0.15, 0.2) is 0 Å². The van der Waals surface area contributed by atoms with Crippen LogP contribution in [0.15, 0.2) is 49.9 Å². The molecule has 0 saturated carbocycles. The maximum Gasteiger partial charge on any atom is 0.342 e. The number of carbonyl (C=O) groups is 3. The number of carbonyl (C=O) groups excluding carboxylic acids is 2. The van der Waals surface area contributed by atoms with Gasteiger partial charge < -0.3 is 14.6 Å². The van der Waals surface area contributed by atoms with E-state index in [-0.39, 0.29) is 0 Å². The molecule has 0 aliphatic carbocycles. The molecular formula is C14H14O6. The summed E-state index contributed by atoms with van der Waals surface area (Å²) in [6.45, 7) is 7.62. The summed E-state index contributed by atoms with van der Waals surface area (Å²) in [5.74, 6) is -1.89. The van der Waals surface area contributed by atoms with Crippen molar-refractivity contribution < 1.29 is 29.0 Å². The smallest absolute Gasteiger partial charge is 0.342 e. The molecule has 0 radical (unpaired) electrons. The fourth-order valence-electron chi connectivity index (χ4n) is 1.03. The summed E-state index contributed by atoms with van der Waals surface area (Å²) < 4.78 is 9.14. The molecule has 0 heterocycles. The Morgan fingerprint density at radius 2 is 1.20 bits per heavy atom. The summed E-state index contributed by atoms with van der Waals surface area (Å²) >= 11 is 0. The second kappa shape index (κ2) is 9.09. The van der Waals surface area contributed by atoms with E-state index in [4.69, 9.17) is 9.90 Å². The Balaban J connectivity index is 0.000000796. The zero-order valence-corrected chi connectivity index (χ0v) is 10.9. The first-order valence-electron chi connectivity index (χ1n) is 5.35. The van der Waals surface area contributed by atoms with Gasteiger partial charge in [0.25, 0.3) is 5.97 Å². The van der Waals surface area contributed by atoms with Gasteiger partial charge in [-0.15, -0.1) is 0 Å². The van der Waals surface area contributed by atoms with Gasteiger partial charge >= 0.3 is 11.9 Å². The summed E-state index contributed by atoms with van der Waals surface area (Å²) in [4.78, 5) is 31.5. The van der Waals surface area contributed by atoms with E-state index in [9.17, 15) is 9.59 Å². The van der Waals surface area contributed by atoms with Crippen molar-refractivity contribution in [1.82, 2.24) is 0 Å². The molecule has 0 saturated heterocycles. The first-order chi connectivity index (χ1) is 9.42. The highest BCUT2D eigenvalue weighted by Gasteiger charge is 2.09. The summed E-state index contributed by atoms with van der Waals surface area (Å²) in [7, 11) is 0. The molecule has 0 aliphatic heterocycles. The molecule has 0 spiro atoms. The van der Waals surface area contributed by atoms with Crippen LogP contribution >= 0.6 is 0 Å². The Labute approximate surface area is 115 Å². The van der Waals surface area contributed by atoms with Crippen LogP contribution in [-0.4, -0.2) is 23.0 Å². The van der Waals surface area contributed by atoms with Crippen LogP contribution in [0.25, 0.3) is 0 Å². The van der Waals surface area contributed by atoms with Crippen molar-refractivity contribution in [1.29, 1.82) is 0 Å². The number of benzene rings is 1. The van der Waals surface area contributed by atoms with E-state index in [0.717, 1.165) is 19.4 Å². The molecule has 0 unspecified atom stereocenters. The highest BCUT2D eigenvalue weighted by Crippen LogP contribution is 2.07. The van der Waals surface area contributed by atoms with Crippen molar-refractivity contribution in [3.05, 3.63) is 61.1 Å². The summed E-state index contributed by atoms with van der Waals surface area (Å²) in [6.07, 6.45) is 2.09. The summed E-state index contributed by atoms with van der Waals surface area (Å²) in [6, 6.07) is 5.86. The van der Waals surface area contributed by atoms with Crippen molar-refractivity contribution in [3.63, 3.8) is 0 Å². The quantitative estimate of drug-likeness (QED) is 0.671. The zero-order chi connectivity index (χ0) is 15.5. The molecule has 6 nitrogen and oxygen atoms in total. The monoisotopic (exact) mass is 278 g/mol. The Morgan fingerprint density at radius 3 is 1.40 bits per heavy atom. The molecule has 0 aliphatic rings. The van der Waals surface area contributed by atoms with Gasteiger partial charge in [-0.2, -0.15) is 0 Å². The Bertz CT molecular complexity index is 456. The van der Waals surface area contributed by atoms with Crippen molar-refractivity contribution in [2.75, 3.05) is 0 Å². The molecule has 1 aromatic carbocycles. The number of carboxylic acids is 1. The Hall–Kier alpha value is -2.89. The van der Waals surface area contributed by atoms with E-state index in [1.807, 2.05) is 0 Å². The number of rotatable bonds is 4. The number of esters is 2. The molecule has 20 heavy (non-hydrogen) atoms. The highest BCUT2D eigenvalue weighted by molar-refractivity contribution is 5.93. The molecule has 1 aromatic rings. The molecule has 0 amide bonds. The van der Waals surface area contributed by atoms with Crippen molar-refractivity contribution in [2.24, 2.45) is 0 Å². The minimum Gasteiger partial charge on any atom is -0.481 e. The lowest BCUT2D eigenvalue weighted by atomic mass is 10.1. The van der Waals surface area contributed by atoms with E-state index in [1.165, 1.54) is 24.3 Å². The number of hydrogen-bond donors (Lipinski definition) is 1. The maximum atomic E-state index is 11.2. The molecule has 6 heteroatoms. The normalized spacial score (nSPS) is 8.45. The Morgan fingerprint density at radius 1 is 0.950 bits per heavy atom. The third kappa shape index (κ3) is 6.75. The summed E-state index contributed by atoms with van der Waals surface area (Å²) in [5.41, 5.74) is 0.658. The molecular weight excluding hydrogens is 264 g/mol. The molecule has 1 N–H and O–H groups in total. The topological polar surface area (TPSA) is 89.9 Å². The SMILES string of the molecule is C=COC(=O)c1ccc(C(=O)OC=C)cc1.CC(=O)O. The molecule has 1 rings (SSSR count). The van der Waals surface area contributed by atoms with Gasteiger partial charge in [-0.25, -0.2) is 9.59 Å². The van der Waals surface area contributed by atoms with Crippen LogP contribution < -0.4 is 0 Å².